The second-order valence-electron chi connectivity index (χ2n) is 11.4. The van der Waals surface area contributed by atoms with Crippen molar-refractivity contribution in [2.45, 2.75) is 49.4 Å². The number of hydrogen-bond acceptors (Lipinski definition) is 5. The molecule has 0 saturated heterocycles. The molecule has 41 heavy (non-hydrogen) atoms. The zero-order chi connectivity index (χ0) is 28.1. The van der Waals surface area contributed by atoms with E-state index in [-0.39, 0.29) is 21.9 Å². The maximum absolute atomic E-state index is 12.7. The summed E-state index contributed by atoms with van der Waals surface area (Å²) in [6.07, 6.45) is 7.29. The largest absolute Gasteiger partial charge is 0.618 e. The topological polar surface area (TPSA) is 106 Å². The van der Waals surface area contributed by atoms with Gasteiger partial charge in [0.05, 0.1) is 27.4 Å². The zero-order valence-corrected chi connectivity index (χ0v) is 25.7. The molecule has 2 aliphatic heterocycles. The molecule has 0 unspecified atom stereocenters. The summed E-state index contributed by atoms with van der Waals surface area (Å²) in [5, 5.41) is 14.1. The van der Waals surface area contributed by atoms with Gasteiger partial charge in [0, 0.05) is 45.6 Å². The number of fused-ring (bicyclic) bond motifs is 8. The van der Waals surface area contributed by atoms with Crippen LogP contribution in [0.1, 0.15) is 49.7 Å². The highest BCUT2D eigenvalue weighted by atomic mass is 79.9. The fraction of sp³-hybridized carbons (Fsp3) is 0.333. The highest BCUT2D eigenvalue weighted by Crippen LogP contribution is 2.57. The summed E-state index contributed by atoms with van der Waals surface area (Å²) in [5.41, 5.74) is 10.5. The smallest absolute Gasteiger partial charge is 0.237 e. The third-order valence-electron chi connectivity index (χ3n) is 9.41. The van der Waals surface area contributed by atoms with Crippen molar-refractivity contribution in [1.29, 1.82) is 0 Å². The molecular weight excluding hydrogens is 657 g/mol. The summed E-state index contributed by atoms with van der Waals surface area (Å²) in [6.45, 7) is 0. The van der Waals surface area contributed by atoms with Crippen LogP contribution in [0.2, 0.25) is 0 Å². The molecule has 2 aromatic heterocycles. The quantitative estimate of drug-likeness (QED) is 0.187. The number of anilines is 3. The first kappa shape index (κ1) is 27.8. The minimum absolute atomic E-state index is 0. The Morgan fingerprint density at radius 1 is 0.878 bits per heavy atom. The van der Waals surface area contributed by atoms with Gasteiger partial charge in [-0.15, -0.1) is 0 Å². The van der Waals surface area contributed by atoms with E-state index in [1.165, 1.54) is 6.20 Å². The Balaban J connectivity index is 0.000000144. The first-order valence-electron chi connectivity index (χ1n) is 13.4. The summed E-state index contributed by atoms with van der Waals surface area (Å²) in [7, 11) is 3.56. The normalized spacial score (nSPS) is 19.0. The molecule has 11 heteroatoms. The van der Waals surface area contributed by atoms with Gasteiger partial charge in [-0.3, -0.25) is 14.3 Å². The molecule has 0 bridgehead atoms. The van der Waals surface area contributed by atoms with Crippen LogP contribution < -0.4 is 20.3 Å². The first-order chi connectivity index (χ1) is 19.1. The average Bonchev–Trinajstić information content (AvgIpc) is 3.26. The lowest BCUT2D eigenvalue weighted by Gasteiger charge is -2.37. The van der Waals surface area contributed by atoms with E-state index in [2.05, 4.69) is 36.8 Å². The van der Waals surface area contributed by atoms with E-state index in [4.69, 9.17) is 5.73 Å². The van der Waals surface area contributed by atoms with Crippen molar-refractivity contribution in [2.24, 2.45) is 0 Å². The van der Waals surface area contributed by atoms with Gasteiger partial charge in [-0.1, -0.05) is 44.7 Å². The predicted octanol–water partition coefficient (Wildman–Crippen LogP) is 5.76. The molecule has 0 atom stereocenters. The van der Waals surface area contributed by atoms with E-state index < -0.39 is 5.41 Å². The third kappa shape index (κ3) is 3.60. The molecule has 2 amide bonds. The molecule has 4 aromatic rings. The molecule has 4 aliphatic rings. The Hall–Kier alpha value is -3.31. The Bertz CT molecular complexity index is 1810. The fourth-order valence-electron chi connectivity index (χ4n) is 7.16. The Morgan fingerprint density at radius 2 is 1.44 bits per heavy atom. The minimum atomic E-state index is -0.391. The van der Waals surface area contributed by atoms with Crippen LogP contribution in [0.4, 0.5) is 21.9 Å². The number of carbonyl (C=O) groups excluding carboxylic acids is 2. The van der Waals surface area contributed by atoms with Crippen molar-refractivity contribution in [3.05, 3.63) is 67.9 Å². The molecule has 8 nitrogen and oxygen atoms in total. The summed E-state index contributed by atoms with van der Waals surface area (Å²) < 4.78 is 2.78. The number of nitrogens with two attached hydrogens (primary N) is 1. The summed E-state index contributed by atoms with van der Waals surface area (Å²) in [4.78, 5) is 33.1. The van der Waals surface area contributed by atoms with E-state index >= 15 is 0 Å². The van der Waals surface area contributed by atoms with E-state index in [0.29, 0.717) is 11.3 Å². The second kappa shape index (κ2) is 9.35. The number of nitrogen functional groups attached to an aromatic ring is 1. The van der Waals surface area contributed by atoms with Crippen molar-refractivity contribution in [3.8, 4) is 0 Å². The van der Waals surface area contributed by atoms with Crippen LogP contribution in [0.15, 0.2) is 51.5 Å². The number of aromatic nitrogens is 2. The number of rotatable bonds is 0. The molecule has 2 N–H and O–H groups in total. The maximum Gasteiger partial charge on any atom is 0.237 e. The van der Waals surface area contributed by atoms with Gasteiger partial charge in [-0.25, -0.2) is 4.98 Å². The first-order valence-corrected chi connectivity index (χ1v) is 15.0. The average molecular weight is 685 g/mol. The van der Waals surface area contributed by atoms with Gasteiger partial charge in [0.15, 0.2) is 0 Å². The van der Waals surface area contributed by atoms with Gasteiger partial charge in [0.25, 0.3) is 0 Å². The van der Waals surface area contributed by atoms with Gasteiger partial charge in [-0.2, -0.15) is 4.73 Å². The molecule has 2 aliphatic carbocycles. The van der Waals surface area contributed by atoms with Crippen molar-refractivity contribution in [1.82, 2.24) is 4.98 Å². The van der Waals surface area contributed by atoms with Crippen molar-refractivity contribution in [3.63, 3.8) is 0 Å². The molecule has 2 fully saturated rings. The van der Waals surface area contributed by atoms with Crippen LogP contribution in [0.3, 0.4) is 0 Å². The summed E-state index contributed by atoms with van der Waals surface area (Å²) in [6, 6.07) is 11.6. The van der Waals surface area contributed by atoms with E-state index in [0.717, 1.165) is 91.0 Å². The summed E-state index contributed by atoms with van der Waals surface area (Å²) >= 11 is 6.97. The van der Waals surface area contributed by atoms with Gasteiger partial charge in [0.1, 0.15) is 11.5 Å². The number of amides is 2. The highest BCUT2D eigenvalue weighted by molar-refractivity contribution is 9.10. The van der Waals surface area contributed by atoms with Crippen molar-refractivity contribution >= 4 is 82.7 Å². The Morgan fingerprint density at radius 3 is 2.05 bits per heavy atom. The lowest BCUT2D eigenvalue weighted by molar-refractivity contribution is -0.576. The molecule has 2 saturated carbocycles. The van der Waals surface area contributed by atoms with E-state index in [1.54, 1.807) is 23.9 Å². The van der Waals surface area contributed by atoms with Crippen LogP contribution in [0.25, 0.3) is 21.8 Å². The molecule has 0 radical (unpaired) electrons. The zero-order valence-electron chi connectivity index (χ0n) is 22.5. The highest BCUT2D eigenvalue weighted by Gasteiger charge is 2.56. The molecule has 8 rings (SSSR count). The lowest BCUT2D eigenvalue weighted by Crippen LogP contribution is -2.43. The summed E-state index contributed by atoms with van der Waals surface area (Å²) in [5.74, 6) is 0.750. The SMILES string of the molecule is CN1C(=O)C2(CCC2)c2c1c(N)nc1ccc(Br)cc21.CN1C(=O)C2(CCC2)c2c1c[n+]([O-])c1ccc(Br)cc21.F. The minimum Gasteiger partial charge on any atom is -0.618 e. The number of nitrogens with zero attached hydrogens (tertiary/aromatic N) is 4. The van der Waals surface area contributed by atoms with Crippen molar-refractivity contribution in [2.75, 3.05) is 29.6 Å². The number of benzene rings is 2. The van der Waals surface area contributed by atoms with Crippen LogP contribution in [-0.4, -0.2) is 30.9 Å². The molecule has 2 spiro atoms. The lowest BCUT2D eigenvalue weighted by atomic mass is 9.64. The van der Waals surface area contributed by atoms with E-state index in [9.17, 15) is 14.8 Å². The van der Waals surface area contributed by atoms with Crippen molar-refractivity contribution < 1.29 is 19.0 Å². The number of hydrogen-bond donors (Lipinski definition) is 1. The molecule has 4 heterocycles. The predicted molar refractivity (Wildman–Crippen MR) is 165 cm³/mol. The van der Waals surface area contributed by atoms with Crippen LogP contribution >= 0.6 is 31.9 Å². The third-order valence-corrected chi connectivity index (χ3v) is 10.4. The monoisotopic (exact) mass is 683 g/mol. The van der Waals surface area contributed by atoms with Gasteiger partial charge in [-0.05, 0) is 56.0 Å². The Labute approximate surface area is 252 Å². The van der Waals surface area contributed by atoms with Gasteiger partial charge in [0.2, 0.25) is 23.5 Å². The fourth-order valence-corrected chi connectivity index (χ4v) is 7.89. The second-order valence-corrected chi connectivity index (χ2v) is 13.2. The number of pyridine rings is 2. The van der Waals surface area contributed by atoms with Crippen LogP contribution in [0.5, 0.6) is 0 Å². The standard InChI is InChI=1S/C15H14BrN3O.C15H13BrN2O2.FH/c1-19-12-11(15(14(19)20)5-2-6-15)9-7-8(16)3-4-10(9)18-13(12)17;1-17-12-8-18(20)11-4-3-9(16)7-10(11)13(12)15(14(17)19)5-2-6-15;/h3-4,7H,2,5-6H2,1H3,(H2,17,18);3-4,7-8H,2,5-6H2,1H3;1H. The maximum atomic E-state index is 12.7. The van der Waals surface area contributed by atoms with Crippen LogP contribution in [0, 0.1) is 5.21 Å². The van der Waals surface area contributed by atoms with Gasteiger partial charge < -0.3 is 20.7 Å². The van der Waals surface area contributed by atoms with Gasteiger partial charge >= 0.3 is 0 Å². The van der Waals surface area contributed by atoms with E-state index in [1.807, 2.05) is 36.4 Å². The molecular formula is C30H28Br2FN5O3. The Kier molecular flexibility index (Phi) is 6.35. The number of likely N-dealkylation sites (N-methyl/N-ethyl adjacent to an activating group) is 2. The van der Waals surface area contributed by atoms with Crippen LogP contribution in [-0.2, 0) is 20.4 Å². The number of halogens is 3. The molecule has 2 aromatic carbocycles. The number of carbonyl (C=O) groups is 2. The molecule has 212 valence electrons.